The van der Waals surface area contributed by atoms with E-state index in [2.05, 4.69) is 20.5 Å². The summed E-state index contributed by atoms with van der Waals surface area (Å²) in [4.78, 5) is 29.8. The Morgan fingerprint density at radius 1 is 1.25 bits per heavy atom. The molecule has 0 spiro atoms. The quantitative estimate of drug-likeness (QED) is 0.630. The maximum atomic E-state index is 12.6. The van der Waals surface area contributed by atoms with Gasteiger partial charge in [-0.05, 0) is 24.3 Å². The number of nitrogens with zero attached hydrogens (tertiary/aromatic N) is 2. The van der Waals surface area contributed by atoms with Crippen molar-refractivity contribution < 1.29 is 37.1 Å². The van der Waals surface area contributed by atoms with Crippen LogP contribution in [-0.2, 0) is 4.79 Å². The van der Waals surface area contributed by atoms with Crippen molar-refractivity contribution in [2.24, 2.45) is 0 Å². The van der Waals surface area contributed by atoms with E-state index in [0.717, 1.165) is 17.0 Å². The van der Waals surface area contributed by atoms with Crippen molar-refractivity contribution in [3.63, 3.8) is 0 Å². The normalized spacial score (nSPS) is 15.4. The fourth-order valence-electron chi connectivity index (χ4n) is 3.36. The predicted octanol–water partition coefficient (Wildman–Crippen LogP) is 3.56. The molecule has 32 heavy (non-hydrogen) atoms. The molecule has 12 heteroatoms. The number of anilines is 1. The second-order valence-electron chi connectivity index (χ2n) is 6.87. The van der Waals surface area contributed by atoms with Crippen LogP contribution in [0.2, 0.25) is 0 Å². The number of aromatic nitrogens is 2. The van der Waals surface area contributed by atoms with Crippen LogP contribution < -0.4 is 24.9 Å². The van der Waals surface area contributed by atoms with Gasteiger partial charge in [-0.3, -0.25) is 0 Å². The summed E-state index contributed by atoms with van der Waals surface area (Å²) in [5.41, 5.74) is 1.44. The number of fused-ring (bicyclic) bond motifs is 2. The van der Waals surface area contributed by atoms with Gasteiger partial charge in [0.2, 0.25) is 0 Å². The molecule has 2 N–H and O–H groups in total. The Labute approximate surface area is 179 Å². The molecule has 3 aromatic rings. The highest BCUT2D eigenvalue weighted by Gasteiger charge is 2.32. The van der Waals surface area contributed by atoms with Crippen LogP contribution in [-0.4, -0.2) is 34.9 Å². The van der Waals surface area contributed by atoms with Crippen molar-refractivity contribution in [2.45, 2.75) is 25.7 Å². The molecule has 2 aromatic carbocycles. The van der Waals surface area contributed by atoms with E-state index < -0.39 is 30.2 Å². The van der Waals surface area contributed by atoms with Crippen LogP contribution in [0.4, 0.5) is 23.7 Å². The SMILES string of the molecule is CC(=O)On1ncc2c(NC(=O)NC3CCOc4cc(OC(F)(F)F)ccc43)cccc21. The molecule has 0 saturated heterocycles. The van der Waals surface area contributed by atoms with Gasteiger partial charge in [0.1, 0.15) is 17.0 Å². The van der Waals surface area contributed by atoms with Crippen LogP contribution in [0.1, 0.15) is 24.9 Å². The van der Waals surface area contributed by atoms with Crippen LogP contribution in [0.25, 0.3) is 10.9 Å². The third-order valence-electron chi connectivity index (χ3n) is 4.61. The first kappa shape index (κ1) is 21.3. The molecular weight excluding hydrogens is 433 g/mol. The number of hydrogen-bond donors (Lipinski definition) is 2. The monoisotopic (exact) mass is 450 g/mol. The number of urea groups is 1. The second kappa shape index (κ2) is 8.29. The Kier molecular flexibility index (Phi) is 5.51. The number of rotatable bonds is 4. The van der Waals surface area contributed by atoms with E-state index in [0.29, 0.717) is 28.6 Å². The van der Waals surface area contributed by atoms with Gasteiger partial charge in [-0.2, -0.15) is 0 Å². The van der Waals surface area contributed by atoms with Gasteiger partial charge in [0, 0.05) is 30.4 Å². The van der Waals surface area contributed by atoms with Crippen LogP contribution >= 0.6 is 0 Å². The maximum absolute atomic E-state index is 12.6. The van der Waals surface area contributed by atoms with E-state index in [-0.39, 0.29) is 12.4 Å². The number of nitrogens with one attached hydrogen (secondary N) is 2. The fourth-order valence-corrected chi connectivity index (χ4v) is 3.36. The third-order valence-corrected chi connectivity index (χ3v) is 4.61. The molecule has 1 aliphatic heterocycles. The molecule has 1 aromatic heterocycles. The molecule has 0 bridgehead atoms. The highest BCUT2D eigenvalue weighted by Crippen LogP contribution is 2.36. The van der Waals surface area contributed by atoms with Gasteiger partial charge in [-0.25, -0.2) is 9.59 Å². The molecule has 0 aliphatic carbocycles. The molecule has 0 fully saturated rings. The number of halogens is 3. The lowest BCUT2D eigenvalue weighted by molar-refractivity contribution is -0.274. The summed E-state index contributed by atoms with van der Waals surface area (Å²) < 4.78 is 46.7. The molecule has 9 nitrogen and oxygen atoms in total. The minimum atomic E-state index is -4.81. The average molecular weight is 450 g/mol. The highest BCUT2D eigenvalue weighted by molar-refractivity contribution is 6.00. The Morgan fingerprint density at radius 2 is 2.06 bits per heavy atom. The molecule has 168 valence electrons. The highest BCUT2D eigenvalue weighted by atomic mass is 19.4. The Balaban J connectivity index is 1.49. The van der Waals surface area contributed by atoms with E-state index in [4.69, 9.17) is 9.57 Å². The lowest BCUT2D eigenvalue weighted by Crippen LogP contribution is -2.35. The smallest absolute Gasteiger partial charge is 0.493 e. The first-order valence-corrected chi connectivity index (χ1v) is 9.45. The summed E-state index contributed by atoms with van der Waals surface area (Å²) in [5.74, 6) is -0.751. The number of benzene rings is 2. The van der Waals surface area contributed by atoms with E-state index >= 15 is 0 Å². The van der Waals surface area contributed by atoms with Crippen LogP contribution in [0.5, 0.6) is 11.5 Å². The van der Waals surface area contributed by atoms with Crippen molar-refractivity contribution in [3.05, 3.63) is 48.2 Å². The second-order valence-corrected chi connectivity index (χ2v) is 6.87. The van der Waals surface area contributed by atoms with Crippen LogP contribution in [0.3, 0.4) is 0 Å². The number of amides is 2. The fraction of sp³-hybridized carbons (Fsp3) is 0.250. The van der Waals surface area contributed by atoms with Crippen molar-refractivity contribution in [1.29, 1.82) is 0 Å². The van der Waals surface area contributed by atoms with Crippen LogP contribution in [0, 0.1) is 0 Å². The number of carbonyl (C=O) groups excluding carboxylic acids is 2. The minimum Gasteiger partial charge on any atom is -0.493 e. The Hall–Kier alpha value is -3.96. The average Bonchev–Trinajstić information content (AvgIpc) is 3.10. The lowest BCUT2D eigenvalue weighted by Gasteiger charge is -2.27. The van der Waals surface area contributed by atoms with Gasteiger partial charge in [0.05, 0.1) is 24.5 Å². The standard InChI is InChI=1S/C20H17F3N4O5/c1-11(28)32-27-17-4-2-3-15(14(17)10-24-27)25-19(29)26-16-7-8-30-18-9-12(5-6-13(16)18)31-20(21,22)23/h2-6,9-10,16H,7-8H2,1H3,(H2,25,26,29). The molecule has 0 saturated carbocycles. The van der Waals surface area contributed by atoms with Crippen molar-refractivity contribution in [2.75, 3.05) is 11.9 Å². The summed E-state index contributed by atoms with van der Waals surface area (Å²) in [6.45, 7) is 1.45. The van der Waals surface area contributed by atoms with E-state index in [1.165, 1.54) is 19.2 Å². The third kappa shape index (κ3) is 4.68. The summed E-state index contributed by atoms with van der Waals surface area (Å²) in [6.07, 6.45) is -2.95. The molecule has 0 radical (unpaired) electrons. The first-order chi connectivity index (χ1) is 15.2. The zero-order valence-corrected chi connectivity index (χ0v) is 16.6. The topological polar surface area (TPSA) is 104 Å². The maximum Gasteiger partial charge on any atom is 0.573 e. The molecule has 1 unspecified atom stereocenters. The van der Waals surface area contributed by atoms with Gasteiger partial charge < -0.3 is 24.9 Å². The minimum absolute atomic E-state index is 0.202. The number of carbonyl (C=O) groups is 2. The number of hydrogen-bond acceptors (Lipinski definition) is 6. The summed E-state index contributed by atoms with van der Waals surface area (Å²) in [7, 11) is 0. The zero-order chi connectivity index (χ0) is 22.9. The number of ether oxygens (including phenoxy) is 2. The first-order valence-electron chi connectivity index (χ1n) is 9.45. The van der Waals surface area contributed by atoms with Crippen molar-refractivity contribution in [3.8, 4) is 11.5 Å². The van der Waals surface area contributed by atoms with Gasteiger partial charge in [-0.1, -0.05) is 10.9 Å². The summed E-state index contributed by atoms with van der Waals surface area (Å²) in [6, 6.07) is 7.68. The van der Waals surface area contributed by atoms with Gasteiger partial charge in [-0.15, -0.1) is 18.3 Å². The van der Waals surface area contributed by atoms with Gasteiger partial charge in [0.25, 0.3) is 0 Å². The van der Waals surface area contributed by atoms with Gasteiger partial charge in [0.15, 0.2) is 0 Å². The van der Waals surface area contributed by atoms with E-state index in [1.807, 2.05) is 0 Å². The molecule has 4 rings (SSSR count). The van der Waals surface area contributed by atoms with Crippen molar-refractivity contribution >= 4 is 28.6 Å². The Morgan fingerprint density at radius 3 is 2.81 bits per heavy atom. The summed E-state index contributed by atoms with van der Waals surface area (Å²) >= 11 is 0. The van der Waals surface area contributed by atoms with Gasteiger partial charge >= 0.3 is 18.4 Å². The zero-order valence-electron chi connectivity index (χ0n) is 16.6. The molecule has 1 aliphatic rings. The lowest BCUT2D eigenvalue weighted by atomic mass is 10.0. The van der Waals surface area contributed by atoms with E-state index in [1.54, 1.807) is 18.2 Å². The van der Waals surface area contributed by atoms with Crippen molar-refractivity contribution in [1.82, 2.24) is 15.3 Å². The molecule has 2 heterocycles. The molecular formula is C20H17F3N4O5. The summed E-state index contributed by atoms with van der Waals surface area (Å²) in [5, 5.41) is 10.0. The molecule has 2 amide bonds. The predicted molar refractivity (Wildman–Crippen MR) is 105 cm³/mol. The largest absolute Gasteiger partial charge is 0.573 e. The van der Waals surface area contributed by atoms with Crippen LogP contribution in [0.15, 0.2) is 42.6 Å². The van der Waals surface area contributed by atoms with E-state index in [9.17, 15) is 22.8 Å². The molecule has 1 atom stereocenters. The Bertz CT molecular complexity index is 1180. The number of alkyl halides is 3.